The number of aromatic nitrogens is 5. The molecule has 198 valence electrons. The van der Waals surface area contributed by atoms with E-state index in [0.717, 1.165) is 36.8 Å². The molecule has 1 aliphatic heterocycles. The zero-order valence-corrected chi connectivity index (χ0v) is 22.4. The second-order valence-electron chi connectivity index (χ2n) is 11.1. The first kappa shape index (κ1) is 24.6. The van der Waals surface area contributed by atoms with Gasteiger partial charge in [-0.05, 0) is 73.8 Å². The molecule has 0 spiro atoms. The predicted molar refractivity (Wildman–Crippen MR) is 145 cm³/mol. The molecular formula is C29H34N6O3. The maximum absolute atomic E-state index is 13.6. The Hall–Kier alpha value is -3.72. The number of rotatable bonds is 2. The van der Waals surface area contributed by atoms with Crippen molar-refractivity contribution in [2.24, 2.45) is 18.9 Å². The molecule has 1 aromatic carbocycles. The molecular weight excluding hydrogens is 480 g/mol. The van der Waals surface area contributed by atoms with Crippen LogP contribution in [-0.2, 0) is 20.2 Å². The largest absolute Gasteiger partial charge is 0.477 e. The number of hydrogen-bond donors (Lipinski definition) is 2. The van der Waals surface area contributed by atoms with E-state index >= 15 is 0 Å². The van der Waals surface area contributed by atoms with Gasteiger partial charge in [0.1, 0.15) is 5.69 Å². The van der Waals surface area contributed by atoms with E-state index in [-0.39, 0.29) is 12.5 Å². The summed E-state index contributed by atoms with van der Waals surface area (Å²) in [5, 5.41) is 17.6. The van der Waals surface area contributed by atoms with Crippen molar-refractivity contribution < 1.29 is 14.6 Å². The zero-order valence-electron chi connectivity index (χ0n) is 22.4. The number of fused-ring (bicyclic) bond motifs is 9. The second-order valence-corrected chi connectivity index (χ2v) is 11.1. The smallest absolute Gasteiger partial charge is 0.258 e. The van der Waals surface area contributed by atoms with Gasteiger partial charge < -0.3 is 14.4 Å². The predicted octanol–water partition coefficient (Wildman–Crippen LogP) is 4.82. The molecule has 9 heteroatoms. The SMILES string of the molecule is Cc1cc2cc(n1)-c1c(CO)nn(C)c1OC[C@H]1CC[C@H](C1)Cn1c(nc3ccc(C(C)C)cc31)NC2=O. The number of carbonyl (C=O) groups is 1. The summed E-state index contributed by atoms with van der Waals surface area (Å²) in [6, 6.07) is 9.88. The topological polar surface area (TPSA) is 107 Å². The van der Waals surface area contributed by atoms with Crippen LogP contribution in [0.25, 0.3) is 22.3 Å². The molecule has 0 radical (unpaired) electrons. The van der Waals surface area contributed by atoms with Crippen molar-refractivity contribution in [3.8, 4) is 17.1 Å². The number of carbonyl (C=O) groups excluding carboxylic acids is 1. The third-order valence-electron chi connectivity index (χ3n) is 7.90. The minimum atomic E-state index is -0.256. The number of aryl methyl sites for hydroxylation is 2. The molecule has 0 saturated heterocycles. The van der Waals surface area contributed by atoms with Crippen molar-refractivity contribution in [3.05, 3.63) is 52.8 Å². The summed E-state index contributed by atoms with van der Waals surface area (Å²) in [6.45, 7) is 7.33. The molecule has 4 heterocycles. The number of ether oxygens (including phenoxy) is 1. The van der Waals surface area contributed by atoms with Gasteiger partial charge in [0.05, 0.1) is 35.5 Å². The highest BCUT2D eigenvalue weighted by Crippen LogP contribution is 2.38. The number of pyridine rings is 1. The Morgan fingerprint density at radius 1 is 1.16 bits per heavy atom. The number of anilines is 1. The highest BCUT2D eigenvalue weighted by Gasteiger charge is 2.30. The number of nitrogens with one attached hydrogen (secondary N) is 1. The maximum Gasteiger partial charge on any atom is 0.258 e. The minimum absolute atomic E-state index is 0.252. The molecule has 4 aromatic rings. The van der Waals surface area contributed by atoms with Crippen molar-refractivity contribution >= 4 is 22.9 Å². The number of hydrogen-bond acceptors (Lipinski definition) is 6. The Morgan fingerprint density at radius 3 is 2.76 bits per heavy atom. The first-order chi connectivity index (χ1) is 18.3. The van der Waals surface area contributed by atoms with E-state index < -0.39 is 0 Å². The first-order valence-corrected chi connectivity index (χ1v) is 13.4. The highest BCUT2D eigenvalue weighted by atomic mass is 16.5. The average Bonchev–Trinajstić information content (AvgIpc) is 3.57. The van der Waals surface area contributed by atoms with Crippen molar-refractivity contribution in [3.63, 3.8) is 0 Å². The van der Waals surface area contributed by atoms with Crippen LogP contribution in [0.5, 0.6) is 5.88 Å². The Bertz CT molecular complexity index is 1540. The van der Waals surface area contributed by atoms with Crippen LogP contribution in [0.1, 0.15) is 66.3 Å². The number of amides is 1. The number of aliphatic hydroxyl groups excluding tert-OH is 1. The zero-order chi connectivity index (χ0) is 26.6. The molecule has 6 rings (SSSR count). The van der Waals surface area contributed by atoms with Crippen LogP contribution in [0, 0.1) is 18.8 Å². The quantitative estimate of drug-likeness (QED) is 0.397. The average molecular weight is 515 g/mol. The fourth-order valence-electron chi connectivity index (χ4n) is 5.93. The van der Waals surface area contributed by atoms with E-state index in [1.54, 1.807) is 16.8 Å². The summed E-state index contributed by atoms with van der Waals surface area (Å²) in [5.74, 6) is 2.13. The minimum Gasteiger partial charge on any atom is -0.477 e. The van der Waals surface area contributed by atoms with Crippen LogP contribution >= 0.6 is 0 Å². The third kappa shape index (κ3) is 4.34. The summed E-state index contributed by atoms with van der Waals surface area (Å²) < 4.78 is 10.2. The van der Waals surface area contributed by atoms with E-state index in [9.17, 15) is 9.90 Å². The lowest BCUT2D eigenvalue weighted by molar-refractivity contribution is 0.102. The van der Waals surface area contributed by atoms with Crippen molar-refractivity contribution in [2.75, 3.05) is 11.9 Å². The number of benzene rings is 1. The Balaban J connectivity index is 1.50. The van der Waals surface area contributed by atoms with Crippen molar-refractivity contribution in [1.82, 2.24) is 24.3 Å². The van der Waals surface area contributed by atoms with E-state index in [0.29, 0.717) is 64.4 Å². The van der Waals surface area contributed by atoms with E-state index in [1.165, 1.54) is 5.56 Å². The summed E-state index contributed by atoms with van der Waals surface area (Å²) >= 11 is 0. The van der Waals surface area contributed by atoms with Crippen LogP contribution in [-0.4, -0.2) is 41.9 Å². The molecule has 1 fully saturated rings. The lowest BCUT2D eigenvalue weighted by Crippen LogP contribution is -2.18. The van der Waals surface area contributed by atoms with Crippen LogP contribution in [0.3, 0.4) is 0 Å². The number of imidazole rings is 1. The molecule has 0 unspecified atom stereocenters. The van der Waals surface area contributed by atoms with Crippen molar-refractivity contribution in [2.45, 2.75) is 59.1 Å². The fraction of sp³-hybridized carbons (Fsp3) is 0.448. The van der Waals surface area contributed by atoms with E-state index in [1.807, 2.05) is 14.0 Å². The Kier molecular flexibility index (Phi) is 6.18. The highest BCUT2D eigenvalue weighted by molar-refractivity contribution is 6.05. The normalized spacial score (nSPS) is 19.5. The molecule has 1 aliphatic carbocycles. The molecule has 1 amide bonds. The van der Waals surface area contributed by atoms with E-state index in [4.69, 9.17) is 14.7 Å². The van der Waals surface area contributed by atoms with Crippen LogP contribution in [0.2, 0.25) is 0 Å². The van der Waals surface area contributed by atoms with Crippen LogP contribution in [0.4, 0.5) is 5.95 Å². The first-order valence-electron chi connectivity index (χ1n) is 13.4. The number of nitrogens with zero attached hydrogens (tertiary/aromatic N) is 5. The summed E-state index contributed by atoms with van der Waals surface area (Å²) in [4.78, 5) is 23.2. The molecule has 2 atom stereocenters. The molecule has 1 saturated carbocycles. The standard InChI is InChI=1S/C29H34N6O3/c1-16(2)20-7-8-22-25(12-20)35-13-18-5-6-19(10-18)15-38-28-26(24(14-36)33-34(28)4)23-11-21(9-17(3)30-23)27(37)32-29(35)31-22/h7-9,11-12,16,18-19,36H,5-6,10,13-15H2,1-4H3,(H,31,32,37)/t18-,19+/m1/s1. The fourth-order valence-corrected chi connectivity index (χ4v) is 5.93. The Morgan fingerprint density at radius 2 is 1.97 bits per heavy atom. The summed E-state index contributed by atoms with van der Waals surface area (Å²) in [5.41, 5.74) is 5.98. The van der Waals surface area contributed by atoms with Gasteiger partial charge in [0.15, 0.2) is 0 Å². The summed E-state index contributed by atoms with van der Waals surface area (Å²) in [6.07, 6.45) is 3.19. The molecule has 38 heavy (non-hydrogen) atoms. The van der Waals surface area contributed by atoms with Gasteiger partial charge in [-0.3, -0.25) is 15.1 Å². The third-order valence-corrected chi connectivity index (χ3v) is 7.90. The van der Waals surface area contributed by atoms with Gasteiger partial charge in [-0.15, -0.1) is 0 Å². The van der Waals surface area contributed by atoms with Gasteiger partial charge in [-0.2, -0.15) is 5.10 Å². The molecule has 2 aliphatic rings. The molecule has 4 bridgehead atoms. The van der Waals surface area contributed by atoms with Crippen molar-refractivity contribution in [1.29, 1.82) is 0 Å². The van der Waals surface area contributed by atoms with Gasteiger partial charge in [0.2, 0.25) is 11.8 Å². The van der Waals surface area contributed by atoms with Gasteiger partial charge in [0.25, 0.3) is 5.91 Å². The molecule has 2 N–H and O–H groups in total. The van der Waals surface area contributed by atoms with Gasteiger partial charge in [0, 0.05) is 24.8 Å². The lowest BCUT2D eigenvalue weighted by Gasteiger charge is -2.16. The van der Waals surface area contributed by atoms with E-state index in [2.05, 4.69) is 47.0 Å². The summed E-state index contributed by atoms with van der Waals surface area (Å²) in [7, 11) is 1.81. The molecule has 3 aromatic heterocycles. The lowest BCUT2D eigenvalue weighted by atomic mass is 10.0. The molecule has 9 nitrogen and oxygen atoms in total. The number of aliphatic hydroxyl groups is 1. The van der Waals surface area contributed by atoms with Gasteiger partial charge in [-0.25, -0.2) is 9.67 Å². The Labute approximate surface area is 221 Å². The maximum atomic E-state index is 13.6. The van der Waals surface area contributed by atoms with Gasteiger partial charge in [-0.1, -0.05) is 19.9 Å². The van der Waals surface area contributed by atoms with Crippen LogP contribution < -0.4 is 10.1 Å². The second kappa shape index (κ2) is 9.54. The monoisotopic (exact) mass is 514 g/mol. The van der Waals surface area contributed by atoms with Crippen LogP contribution in [0.15, 0.2) is 30.3 Å². The van der Waals surface area contributed by atoms with Gasteiger partial charge >= 0.3 is 0 Å².